The van der Waals surface area contributed by atoms with Crippen LogP contribution in [0.1, 0.15) is 134 Å². The van der Waals surface area contributed by atoms with Crippen molar-refractivity contribution in [1.82, 2.24) is 0 Å². The average molecular weight is 409 g/mol. The summed E-state index contributed by atoms with van der Waals surface area (Å²) in [5.41, 5.74) is 5.87. The maximum atomic E-state index is 2.38. The Morgan fingerprint density at radius 3 is 1.67 bits per heavy atom. The summed E-state index contributed by atoms with van der Waals surface area (Å²) in [5, 5.41) is 0. The van der Waals surface area contributed by atoms with Gasteiger partial charge in [0.05, 0.1) is 0 Å². The van der Waals surface area contributed by atoms with Gasteiger partial charge in [0.15, 0.2) is 0 Å². The summed E-state index contributed by atoms with van der Waals surface area (Å²) in [6.07, 6.45) is 22.8. The van der Waals surface area contributed by atoms with E-state index in [4.69, 9.17) is 0 Å². The highest BCUT2D eigenvalue weighted by Crippen LogP contribution is 2.30. The minimum atomic E-state index is 0.592. The van der Waals surface area contributed by atoms with Crippen molar-refractivity contribution < 1.29 is 0 Å². The molecule has 0 aromatic heterocycles. The summed E-state index contributed by atoms with van der Waals surface area (Å²) in [6, 6.07) is 13.9. The van der Waals surface area contributed by atoms with Crippen LogP contribution >= 0.6 is 0 Å². The zero-order chi connectivity index (χ0) is 21.4. The maximum Gasteiger partial charge on any atom is -0.0152 e. The Kier molecular flexibility index (Phi) is 12.9. The molecule has 0 atom stereocenters. The second-order valence-electron chi connectivity index (χ2n) is 9.75. The highest BCUT2D eigenvalue weighted by molar-refractivity contribution is 5.71. The largest absolute Gasteiger partial charge is 0.0654 e. The first-order valence-corrected chi connectivity index (χ1v) is 13.2. The highest BCUT2D eigenvalue weighted by atomic mass is 14.1. The van der Waals surface area contributed by atoms with E-state index >= 15 is 0 Å². The molecular weight excluding hydrogens is 360 g/mol. The molecule has 2 aliphatic carbocycles. The lowest BCUT2D eigenvalue weighted by molar-refractivity contribution is 0.532. The summed E-state index contributed by atoms with van der Waals surface area (Å²) in [6.45, 7) is 6.86. The topological polar surface area (TPSA) is 0 Å². The van der Waals surface area contributed by atoms with Crippen LogP contribution < -0.4 is 0 Å². The fourth-order valence-corrected chi connectivity index (χ4v) is 4.63. The molecule has 0 bridgehead atoms. The van der Waals surface area contributed by atoms with Crippen LogP contribution in [-0.2, 0) is 6.42 Å². The van der Waals surface area contributed by atoms with Crippen molar-refractivity contribution in [1.29, 1.82) is 0 Å². The third kappa shape index (κ3) is 9.67. The lowest BCUT2D eigenvalue weighted by Gasteiger charge is -2.05. The Hall–Kier alpha value is -1.30. The van der Waals surface area contributed by atoms with Crippen LogP contribution in [0.15, 0.2) is 36.4 Å². The van der Waals surface area contributed by atoms with Gasteiger partial charge in [-0.1, -0.05) is 147 Å². The smallest absolute Gasteiger partial charge is 0.0152 e. The van der Waals surface area contributed by atoms with E-state index < -0.39 is 0 Å². The molecule has 30 heavy (non-hydrogen) atoms. The van der Waals surface area contributed by atoms with Crippen molar-refractivity contribution in [3.63, 3.8) is 0 Å². The van der Waals surface area contributed by atoms with E-state index in [2.05, 4.69) is 57.2 Å². The number of hydrogen-bond donors (Lipinski definition) is 0. The summed E-state index contributed by atoms with van der Waals surface area (Å²) in [4.78, 5) is 0. The normalized spacial score (nSPS) is 11.6. The second-order valence-corrected chi connectivity index (χ2v) is 9.75. The number of unbranched alkanes of at least 4 members (excludes halogenated alkanes) is 14. The fraction of sp³-hybridized carbons (Fsp3) is 0.667. The second kappa shape index (κ2) is 15.5. The summed E-state index contributed by atoms with van der Waals surface area (Å²) >= 11 is 0. The number of hydrogen-bond acceptors (Lipinski definition) is 0. The molecule has 0 nitrogen and oxygen atoms in total. The minimum absolute atomic E-state index is 0.592. The number of fused-ring (bicyclic) bond motifs is 1. The first-order valence-electron chi connectivity index (χ1n) is 13.2. The molecule has 0 heteroatoms. The first-order chi connectivity index (χ1) is 14.7. The van der Waals surface area contributed by atoms with Gasteiger partial charge in [0.1, 0.15) is 0 Å². The van der Waals surface area contributed by atoms with Crippen molar-refractivity contribution in [2.45, 2.75) is 129 Å². The van der Waals surface area contributed by atoms with Crippen molar-refractivity contribution >= 4 is 0 Å². The molecule has 2 rings (SSSR count). The number of aryl methyl sites for hydroxylation is 1. The van der Waals surface area contributed by atoms with E-state index in [9.17, 15) is 0 Å². The molecule has 0 radical (unpaired) electrons. The lowest BCUT2D eigenvalue weighted by Crippen LogP contribution is -1.87. The molecule has 168 valence electrons. The van der Waals surface area contributed by atoms with Crippen LogP contribution in [0.2, 0.25) is 0 Å². The molecule has 0 aromatic carbocycles. The zero-order valence-electron chi connectivity index (χ0n) is 20.4. The van der Waals surface area contributed by atoms with Gasteiger partial charge in [-0.05, 0) is 41.0 Å². The predicted octanol–water partition coefficient (Wildman–Crippen LogP) is 10.3. The predicted molar refractivity (Wildman–Crippen MR) is 136 cm³/mol. The zero-order valence-corrected chi connectivity index (χ0v) is 20.4. The van der Waals surface area contributed by atoms with E-state index in [1.807, 2.05) is 0 Å². The Bertz CT molecular complexity index is 639. The van der Waals surface area contributed by atoms with Crippen molar-refractivity contribution in [3.05, 3.63) is 47.5 Å². The van der Waals surface area contributed by atoms with Crippen molar-refractivity contribution in [2.24, 2.45) is 0 Å². The van der Waals surface area contributed by atoms with E-state index in [1.54, 1.807) is 5.56 Å². The first kappa shape index (κ1) is 25.0. The quantitative estimate of drug-likeness (QED) is 0.228. The summed E-state index contributed by atoms with van der Waals surface area (Å²) in [7, 11) is 0. The van der Waals surface area contributed by atoms with E-state index in [0.717, 1.165) is 0 Å². The van der Waals surface area contributed by atoms with Crippen LogP contribution in [0.5, 0.6) is 0 Å². The lowest BCUT2D eigenvalue weighted by atomic mass is 10.0. The van der Waals surface area contributed by atoms with Gasteiger partial charge >= 0.3 is 0 Å². The van der Waals surface area contributed by atoms with Crippen LogP contribution in [0.3, 0.4) is 0 Å². The minimum Gasteiger partial charge on any atom is -0.0654 e. The Labute approximate surface area is 188 Å². The monoisotopic (exact) mass is 408 g/mol. The number of rotatable bonds is 17. The van der Waals surface area contributed by atoms with Gasteiger partial charge in [-0.25, -0.2) is 0 Å². The van der Waals surface area contributed by atoms with Crippen molar-refractivity contribution in [2.75, 3.05) is 0 Å². The molecule has 0 saturated heterocycles. The van der Waals surface area contributed by atoms with Gasteiger partial charge in [-0.15, -0.1) is 0 Å². The molecule has 0 spiro atoms. The van der Waals surface area contributed by atoms with E-state index in [-0.39, 0.29) is 0 Å². The van der Waals surface area contributed by atoms with Gasteiger partial charge in [0, 0.05) is 0 Å². The molecule has 0 heterocycles. The summed E-state index contributed by atoms with van der Waals surface area (Å²) in [5.74, 6) is 0.592. The molecule has 2 aliphatic rings. The van der Waals surface area contributed by atoms with Crippen LogP contribution in [-0.4, -0.2) is 0 Å². The molecule has 0 amide bonds. The Morgan fingerprint density at radius 2 is 1.13 bits per heavy atom. The molecule has 0 aromatic rings. The SMILES string of the molecule is CCCCCCCCCCCCCCCCCc1ccc2cc(C(C)C)cccc1-2. The van der Waals surface area contributed by atoms with Gasteiger partial charge in [-0.2, -0.15) is 0 Å². The van der Waals surface area contributed by atoms with E-state index in [0.29, 0.717) is 5.92 Å². The molecule has 0 unspecified atom stereocenters. The Balaban J connectivity index is 1.47. The highest BCUT2D eigenvalue weighted by Gasteiger charge is 2.09. The molecule has 0 fully saturated rings. The third-order valence-electron chi connectivity index (χ3n) is 6.71. The Morgan fingerprint density at radius 1 is 0.600 bits per heavy atom. The van der Waals surface area contributed by atoms with E-state index in [1.165, 1.54) is 119 Å². The van der Waals surface area contributed by atoms with Gasteiger partial charge in [-0.3, -0.25) is 0 Å². The maximum absolute atomic E-state index is 2.38. The molecule has 0 aliphatic heterocycles. The standard InChI is InChI=1S/C30H48/c1-4-5-6-7-8-9-10-11-12-13-14-15-16-17-18-20-27-23-24-29-25-28(26(2)3)21-19-22-30(27)29/h19,21-26H,4-18,20H2,1-3H3. The summed E-state index contributed by atoms with van der Waals surface area (Å²) < 4.78 is 0. The molecule has 0 N–H and O–H groups in total. The third-order valence-corrected chi connectivity index (χ3v) is 6.71. The fourth-order valence-electron chi connectivity index (χ4n) is 4.63. The van der Waals surface area contributed by atoms with Gasteiger partial charge in [0.25, 0.3) is 0 Å². The molecular formula is C30H48. The van der Waals surface area contributed by atoms with Crippen LogP contribution in [0.4, 0.5) is 0 Å². The van der Waals surface area contributed by atoms with Crippen LogP contribution in [0, 0.1) is 0 Å². The van der Waals surface area contributed by atoms with Crippen LogP contribution in [0.25, 0.3) is 11.1 Å². The van der Waals surface area contributed by atoms with Gasteiger partial charge < -0.3 is 0 Å². The van der Waals surface area contributed by atoms with Crippen molar-refractivity contribution in [3.8, 4) is 11.1 Å². The molecule has 0 saturated carbocycles. The average Bonchev–Trinajstić information content (AvgIpc) is 2.98. The van der Waals surface area contributed by atoms with Gasteiger partial charge in [0.2, 0.25) is 0 Å².